The molecule has 1 N–H and O–H groups in total. The number of hydrogen-bond donors (Lipinski definition) is 1. The summed E-state index contributed by atoms with van der Waals surface area (Å²) in [5, 5.41) is 3.89. The summed E-state index contributed by atoms with van der Waals surface area (Å²) in [6.07, 6.45) is 0. The summed E-state index contributed by atoms with van der Waals surface area (Å²) in [6, 6.07) is 12.2. The lowest BCUT2D eigenvalue weighted by atomic mass is 10.1. The van der Waals surface area contributed by atoms with Crippen molar-refractivity contribution in [3.63, 3.8) is 0 Å². The van der Waals surface area contributed by atoms with E-state index in [4.69, 9.17) is 11.6 Å². The summed E-state index contributed by atoms with van der Waals surface area (Å²) in [7, 11) is -3.20. The highest BCUT2D eigenvalue weighted by atomic mass is 79.9. The molecule has 3 rings (SSSR count). The van der Waals surface area contributed by atoms with Crippen LogP contribution in [-0.4, -0.2) is 14.2 Å². The van der Waals surface area contributed by atoms with Crippen LogP contribution in [0.2, 0.25) is 5.02 Å². The Labute approximate surface area is 131 Å². The van der Waals surface area contributed by atoms with Gasteiger partial charge in [-0.1, -0.05) is 29.8 Å². The summed E-state index contributed by atoms with van der Waals surface area (Å²) >= 11 is 9.33. The van der Waals surface area contributed by atoms with E-state index in [-0.39, 0.29) is 11.8 Å². The SMILES string of the molecule is O=S1(=O)CC(Nc2ccc(Cl)cc2Br)c2ccccc21. The minimum absolute atomic E-state index is 0.0708. The van der Waals surface area contributed by atoms with Crippen molar-refractivity contribution in [1.82, 2.24) is 0 Å². The van der Waals surface area contributed by atoms with E-state index in [1.54, 1.807) is 24.3 Å². The molecule has 1 aliphatic heterocycles. The van der Waals surface area contributed by atoms with E-state index >= 15 is 0 Å². The minimum Gasteiger partial charge on any atom is -0.376 e. The van der Waals surface area contributed by atoms with Crippen molar-refractivity contribution >= 4 is 43.1 Å². The Morgan fingerprint density at radius 2 is 1.95 bits per heavy atom. The lowest BCUT2D eigenvalue weighted by Gasteiger charge is -2.15. The van der Waals surface area contributed by atoms with Crippen molar-refractivity contribution in [3.8, 4) is 0 Å². The molecule has 0 saturated heterocycles. The zero-order chi connectivity index (χ0) is 14.3. The predicted octanol–water partition coefficient (Wildman–Crippen LogP) is 4.04. The molecule has 20 heavy (non-hydrogen) atoms. The molecular weight excluding hydrogens is 362 g/mol. The molecule has 0 radical (unpaired) electrons. The van der Waals surface area contributed by atoms with E-state index in [1.807, 2.05) is 18.2 Å². The van der Waals surface area contributed by atoms with Crippen LogP contribution in [0.15, 0.2) is 51.8 Å². The number of halogens is 2. The Morgan fingerprint density at radius 3 is 2.70 bits per heavy atom. The fourth-order valence-electron chi connectivity index (χ4n) is 2.36. The van der Waals surface area contributed by atoms with Crippen molar-refractivity contribution in [1.29, 1.82) is 0 Å². The first kappa shape index (κ1) is 13.9. The van der Waals surface area contributed by atoms with Crippen LogP contribution in [-0.2, 0) is 9.84 Å². The molecule has 6 heteroatoms. The largest absolute Gasteiger partial charge is 0.376 e. The van der Waals surface area contributed by atoms with Gasteiger partial charge in [-0.2, -0.15) is 0 Å². The van der Waals surface area contributed by atoms with Gasteiger partial charge in [0.1, 0.15) is 0 Å². The number of benzene rings is 2. The van der Waals surface area contributed by atoms with Gasteiger partial charge in [-0.15, -0.1) is 0 Å². The molecule has 1 aliphatic rings. The third-order valence-electron chi connectivity index (χ3n) is 3.28. The number of rotatable bonds is 2. The van der Waals surface area contributed by atoms with E-state index in [9.17, 15) is 8.42 Å². The van der Waals surface area contributed by atoms with Gasteiger partial charge in [0.15, 0.2) is 9.84 Å². The van der Waals surface area contributed by atoms with Crippen molar-refractivity contribution < 1.29 is 8.42 Å². The lowest BCUT2D eigenvalue weighted by molar-refractivity contribution is 0.598. The van der Waals surface area contributed by atoms with Crippen molar-refractivity contribution in [2.45, 2.75) is 10.9 Å². The zero-order valence-electron chi connectivity index (χ0n) is 10.3. The van der Waals surface area contributed by atoms with Gasteiger partial charge in [0, 0.05) is 15.2 Å². The van der Waals surface area contributed by atoms with E-state index in [1.165, 1.54) is 0 Å². The first-order valence-electron chi connectivity index (χ1n) is 6.01. The fraction of sp³-hybridized carbons (Fsp3) is 0.143. The van der Waals surface area contributed by atoms with Crippen molar-refractivity contribution in [2.75, 3.05) is 11.1 Å². The third-order valence-corrected chi connectivity index (χ3v) is 5.98. The second-order valence-electron chi connectivity index (χ2n) is 4.64. The zero-order valence-corrected chi connectivity index (χ0v) is 13.5. The Morgan fingerprint density at radius 1 is 1.20 bits per heavy atom. The van der Waals surface area contributed by atoms with Gasteiger partial charge in [0.05, 0.1) is 16.7 Å². The van der Waals surface area contributed by atoms with Gasteiger partial charge in [-0.25, -0.2) is 8.42 Å². The van der Waals surface area contributed by atoms with E-state index in [2.05, 4.69) is 21.2 Å². The summed E-state index contributed by atoms with van der Waals surface area (Å²) < 4.78 is 25.1. The Kier molecular flexibility index (Phi) is 3.52. The van der Waals surface area contributed by atoms with Gasteiger partial charge in [-0.3, -0.25) is 0 Å². The number of fused-ring (bicyclic) bond motifs is 1. The van der Waals surface area contributed by atoms with E-state index in [0.29, 0.717) is 9.92 Å². The molecule has 0 aromatic heterocycles. The van der Waals surface area contributed by atoms with Gasteiger partial charge in [0.2, 0.25) is 0 Å². The van der Waals surface area contributed by atoms with Crippen LogP contribution >= 0.6 is 27.5 Å². The molecular formula is C14H11BrClNO2S. The first-order chi connectivity index (χ1) is 9.47. The van der Waals surface area contributed by atoms with Gasteiger partial charge >= 0.3 is 0 Å². The maximum Gasteiger partial charge on any atom is 0.181 e. The molecule has 0 aliphatic carbocycles. The predicted molar refractivity (Wildman–Crippen MR) is 84.0 cm³/mol. The second kappa shape index (κ2) is 5.06. The molecule has 1 heterocycles. The topological polar surface area (TPSA) is 46.2 Å². The van der Waals surface area contributed by atoms with Gasteiger partial charge < -0.3 is 5.32 Å². The second-order valence-corrected chi connectivity index (χ2v) is 7.93. The highest BCUT2D eigenvalue weighted by molar-refractivity contribution is 9.10. The number of anilines is 1. The van der Waals surface area contributed by atoms with Crippen LogP contribution in [0.4, 0.5) is 5.69 Å². The van der Waals surface area contributed by atoms with Crippen LogP contribution in [0, 0.1) is 0 Å². The summed E-state index contributed by atoms with van der Waals surface area (Å²) in [5.74, 6) is 0.0708. The lowest BCUT2D eigenvalue weighted by Crippen LogP contribution is -2.13. The molecule has 0 fully saturated rings. The molecule has 2 aromatic carbocycles. The third kappa shape index (κ3) is 2.45. The van der Waals surface area contributed by atoms with Crippen molar-refractivity contribution in [2.24, 2.45) is 0 Å². The molecule has 0 spiro atoms. The Bertz CT molecular complexity index is 776. The van der Waals surface area contributed by atoms with Crippen LogP contribution in [0.5, 0.6) is 0 Å². The average molecular weight is 373 g/mol. The quantitative estimate of drug-likeness (QED) is 0.865. The van der Waals surface area contributed by atoms with E-state index < -0.39 is 9.84 Å². The van der Waals surface area contributed by atoms with Gasteiger partial charge in [-0.05, 0) is 45.8 Å². The maximum absolute atomic E-state index is 12.1. The molecule has 2 aromatic rings. The fourth-order valence-corrected chi connectivity index (χ4v) is 4.90. The molecule has 0 saturated carbocycles. The molecule has 3 nitrogen and oxygen atoms in total. The van der Waals surface area contributed by atoms with Crippen LogP contribution in [0.1, 0.15) is 11.6 Å². The first-order valence-corrected chi connectivity index (χ1v) is 8.83. The number of sulfone groups is 1. The van der Waals surface area contributed by atoms with Gasteiger partial charge in [0.25, 0.3) is 0 Å². The van der Waals surface area contributed by atoms with E-state index in [0.717, 1.165) is 15.7 Å². The smallest absolute Gasteiger partial charge is 0.181 e. The molecule has 104 valence electrons. The summed E-state index contributed by atoms with van der Waals surface area (Å²) in [5.41, 5.74) is 1.64. The molecule has 1 atom stereocenters. The molecule has 0 amide bonds. The number of nitrogens with one attached hydrogen (secondary N) is 1. The highest BCUT2D eigenvalue weighted by Gasteiger charge is 2.34. The molecule has 1 unspecified atom stereocenters. The van der Waals surface area contributed by atoms with Crippen LogP contribution in [0.3, 0.4) is 0 Å². The number of hydrogen-bond acceptors (Lipinski definition) is 3. The highest BCUT2D eigenvalue weighted by Crippen LogP contribution is 2.37. The summed E-state index contributed by atoms with van der Waals surface area (Å²) in [4.78, 5) is 0.419. The average Bonchev–Trinajstić information content (AvgIpc) is 2.65. The minimum atomic E-state index is -3.20. The Hall–Kier alpha value is -1.04. The Balaban J connectivity index is 1.97. The summed E-state index contributed by atoms with van der Waals surface area (Å²) in [6.45, 7) is 0. The van der Waals surface area contributed by atoms with Crippen LogP contribution < -0.4 is 5.32 Å². The van der Waals surface area contributed by atoms with Crippen molar-refractivity contribution in [3.05, 3.63) is 57.5 Å². The van der Waals surface area contributed by atoms with Crippen LogP contribution in [0.25, 0.3) is 0 Å². The standard InChI is InChI=1S/C14H11BrClNO2S/c15-11-7-9(16)5-6-12(11)17-13-8-20(18,19)14-4-2-1-3-10(13)14/h1-7,13,17H,8H2. The molecule has 0 bridgehead atoms. The monoisotopic (exact) mass is 371 g/mol. The normalized spacial score (nSPS) is 19.6. The maximum atomic E-state index is 12.1.